The molecular formula is C23H14FN7. The summed E-state index contributed by atoms with van der Waals surface area (Å²) in [6.45, 7) is 0. The van der Waals surface area contributed by atoms with E-state index >= 15 is 0 Å². The molecule has 2 N–H and O–H groups in total. The van der Waals surface area contributed by atoms with Crippen LogP contribution in [0.1, 0.15) is 0 Å². The van der Waals surface area contributed by atoms with Crippen LogP contribution in [0, 0.1) is 5.82 Å². The van der Waals surface area contributed by atoms with E-state index in [-0.39, 0.29) is 5.82 Å². The van der Waals surface area contributed by atoms with Crippen LogP contribution >= 0.6 is 0 Å². The zero-order valence-corrected chi connectivity index (χ0v) is 16.0. The van der Waals surface area contributed by atoms with E-state index in [4.69, 9.17) is 0 Å². The highest BCUT2D eigenvalue weighted by Gasteiger charge is 2.16. The van der Waals surface area contributed by atoms with Crippen LogP contribution in [0.3, 0.4) is 0 Å². The van der Waals surface area contributed by atoms with Crippen molar-refractivity contribution in [2.24, 2.45) is 0 Å². The molecule has 6 aromatic rings. The van der Waals surface area contributed by atoms with Gasteiger partial charge in [0.15, 0.2) is 0 Å². The average molecular weight is 407 g/mol. The Balaban J connectivity index is 1.53. The molecule has 0 aliphatic rings. The number of hydrogen-bond donors (Lipinski definition) is 2. The first-order chi connectivity index (χ1) is 15.3. The smallest absolute Gasteiger partial charge is 0.131 e. The summed E-state index contributed by atoms with van der Waals surface area (Å²) in [6.07, 6.45) is 10.1. The zero-order valence-electron chi connectivity index (χ0n) is 16.0. The van der Waals surface area contributed by atoms with Gasteiger partial charge >= 0.3 is 0 Å². The van der Waals surface area contributed by atoms with Crippen LogP contribution in [-0.2, 0) is 0 Å². The third-order valence-electron chi connectivity index (χ3n) is 5.27. The number of pyridine rings is 2. The number of aromatic nitrogens is 7. The molecule has 0 bridgehead atoms. The van der Waals surface area contributed by atoms with Gasteiger partial charge in [-0.3, -0.25) is 15.1 Å². The number of rotatable bonds is 3. The number of H-pyrrole nitrogens is 2. The Morgan fingerprint density at radius 3 is 2.52 bits per heavy atom. The second kappa shape index (κ2) is 6.81. The molecule has 8 heteroatoms. The molecule has 6 rings (SSSR count). The monoisotopic (exact) mass is 407 g/mol. The van der Waals surface area contributed by atoms with E-state index in [1.807, 2.05) is 18.2 Å². The van der Waals surface area contributed by atoms with E-state index < -0.39 is 0 Å². The van der Waals surface area contributed by atoms with E-state index in [1.165, 1.54) is 12.4 Å². The molecule has 5 heterocycles. The Kier molecular flexibility index (Phi) is 3.82. The van der Waals surface area contributed by atoms with E-state index in [1.54, 1.807) is 43.1 Å². The van der Waals surface area contributed by atoms with Crippen LogP contribution in [-0.4, -0.2) is 35.1 Å². The second-order valence-corrected chi connectivity index (χ2v) is 7.13. The lowest BCUT2D eigenvalue weighted by Crippen LogP contribution is -1.86. The molecule has 0 saturated carbocycles. The van der Waals surface area contributed by atoms with Crippen molar-refractivity contribution in [1.82, 2.24) is 35.1 Å². The topological polar surface area (TPSA) is 96.0 Å². The average Bonchev–Trinajstić information content (AvgIpc) is 3.43. The van der Waals surface area contributed by atoms with Gasteiger partial charge in [0, 0.05) is 46.1 Å². The fourth-order valence-corrected chi connectivity index (χ4v) is 3.78. The third-order valence-corrected chi connectivity index (χ3v) is 5.27. The minimum Gasteiger partial charge on any atom is -0.352 e. The summed E-state index contributed by atoms with van der Waals surface area (Å²) in [5.74, 6) is -0.287. The first-order valence-corrected chi connectivity index (χ1v) is 9.59. The molecule has 7 nitrogen and oxygen atoms in total. The van der Waals surface area contributed by atoms with Gasteiger partial charge in [-0.2, -0.15) is 5.10 Å². The fraction of sp³-hybridized carbons (Fsp3) is 0. The molecule has 0 aliphatic heterocycles. The van der Waals surface area contributed by atoms with Crippen LogP contribution in [0.5, 0.6) is 0 Å². The normalized spacial score (nSPS) is 11.4. The minimum absolute atomic E-state index is 0.287. The molecule has 0 atom stereocenters. The molecule has 148 valence electrons. The van der Waals surface area contributed by atoms with Gasteiger partial charge in [-0.15, -0.1) is 0 Å². The van der Waals surface area contributed by atoms with E-state index in [0.29, 0.717) is 5.56 Å². The number of nitrogens with zero attached hydrogens (tertiary/aromatic N) is 5. The largest absolute Gasteiger partial charge is 0.352 e. The number of benzene rings is 1. The predicted molar refractivity (Wildman–Crippen MR) is 115 cm³/mol. The summed E-state index contributed by atoms with van der Waals surface area (Å²) in [5, 5.41) is 9.30. The van der Waals surface area contributed by atoms with Gasteiger partial charge in [0.05, 0.1) is 34.8 Å². The first-order valence-electron chi connectivity index (χ1n) is 9.59. The van der Waals surface area contributed by atoms with Crippen LogP contribution in [0.15, 0.2) is 73.7 Å². The summed E-state index contributed by atoms with van der Waals surface area (Å²) in [7, 11) is 0. The maximum atomic E-state index is 14.4. The van der Waals surface area contributed by atoms with Crippen molar-refractivity contribution < 1.29 is 4.39 Å². The maximum absolute atomic E-state index is 14.4. The SMILES string of the molecule is Fc1ccccc1-c1cncc2[nH]c(-c3n[nH]c4cnc(-c5cncnc5)cc34)cc12. The summed E-state index contributed by atoms with van der Waals surface area (Å²) >= 11 is 0. The van der Waals surface area contributed by atoms with E-state index in [0.717, 1.165) is 50.0 Å². The van der Waals surface area contributed by atoms with Crippen molar-refractivity contribution in [3.63, 3.8) is 0 Å². The molecule has 0 spiro atoms. The van der Waals surface area contributed by atoms with Gasteiger partial charge in [0.1, 0.15) is 17.8 Å². The summed E-state index contributed by atoms with van der Waals surface area (Å²) < 4.78 is 14.4. The molecule has 0 radical (unpaired) electrons. The number of nitrogens with one attached hydrogen (secondary N) is 2. The van der Waals surface area contributed by atoms with Gasteiger partial charge in [-0.1, -0.05) is 18.2 Å². The molecule has 0 saturated heterocycles. The Bertz CT molecular complexity index is 1550. The van der Waals surface area contributed by atoms with Crippen molar-refractivity contribution in [3.8, 4) is 33.8 Å². The van der Waals surface area contributed by atoms with E-state index in [9.17, 15) is 4.39 Å². The Labute approximate surface area is 175 Å². The first kappa shape index (κ1) is 17.4. The fourth-order valence-electron chi connectivity index (χ4n) is 3.78. The van der Waals surface area contributed by atoms with Crippen LogP contribution < -0.4 is 0 Å². The molecule has 5 aromatic heterocycles. The number of fused-ring (bicyclic) bond motifs is 2. The van der Waals surface area contributed by atoms with Gasteiger partial charge < -0.3 is 4.98 Å². The predicted octanol–water partition coefficient (Wildman–Crippen LogP) is 4.76. The van der Waals surface area contributed by atoms with Gasteiger partial charge in [-0.05, 0) is 18.2 Å². The van der Waals surface area contributed by atoms with Crippen molar-refractivity contribution in [2.75, 3.05) is 0 Å². The highest BCUT2D eigenvalue weighted by Crippen LogP contribution is 2.34. The third kappa shape index (κ3) is 2.84. The Morgan fingerprint density at radius 1 is 0.774 bits per heavy atom. The van der Waals surface area contributed by atoms with Gasteiger partial charge in [0.25, 0.3) is 0 Å². The van der Waals surface area contributed by atoms with Crippen LogP contribution in [0.4, 0.5) is 4.39 Å². The molecule has 0 amide bonds. The summed E-state index contributed by atoms with van der Waals surface area (Å²) in [4.78, 5) is 20.3. The van der Waals surface area contributed by atoms with Crippen molar-refractivity contribution in [1.29, 1.82) is 0 Å². The van der Waals surface area contributed by atoms with Crippen LogP contribution in [0.2, 0.25) is 0 Å². The number of halogens is 1. The van der Waals surface area contributed by atoms with Crippen LogP contribution in [0.25, 0.3) is 55.6 Å². The van der Waals surface area contributed by atoms with Gasteiger partial charge in [0.2, 0.25) is 0 Å². The molecule has 0 aliphatic carbocycles. The highest BCUT2D eigenvalue weighted by atomic mass is 19.1. The molecule has 0 fully saturated rings. The lowest BCUT2D eigenvalue weighted by Gasteiger charge is -2.03. The quantitative estimate of drug-likeness (QED) is 0.441. The minimum atomic E-state index is -0.287. The number of hydrogen-bond acceptors (Lipinski definition) is 5. The number of aromatic amines is 2. The zero-order chi connectivity index (χ0) is 20.8. The summed E-state index contributed by atoms with van der Waals surface area (Å²) in [5.41, 5.74) is 5.95. The lowest BCUT2D eigenvalue weighted by molar-refractivity contribution is 0.631. The van der Waals surface area contributed by atoms with E-state index in [2.05, 4.69) is 35.1 Å². The standard InChI is InChI=1S/C23H14FN7/c24-18-4-2-1-3-14(18)17-9-25-10-21-15(17)5-20(29-21)23-16-6-19(13-7-26-12-27-8-13)28-11-22(16)30-31-23/h1-12,29H,(H,30,31). The second-order valence-electron chi connectivity index (χ2n) is 7.13. The molecule has 1 aromatic carbocycles. The molecular weight excluding hydrogens is 393 g/mol. The van der Waals surface area contributed by atoms with Crippen molar-refractivity contribution in [2.45, 2.75) is 0 Å². The maximum Gasteiger partial charge on any atom is 0.131 e. The lowest BCUT2D eigenvalue weighted by atomic mass is 10.0. The summed E-state index contributed by atoms with van der Waals surface area (Å²) in [6, 6.07) is 10.6. The molecule has 31 heavy (non-hydrogen) atoms. The van der Waals surface area contributed by atoms with Gasteiger partial charge in [-0.25, -0.2) is 14.4 Å². The highest BCUT2D eigenvalue weighted by molar-refractivity contribution is 6.01. The Hall–Kier alpha value is -4.46. The Morgan fingerprint density at radius 2 is 1.65 bits per heavy atom. The molecule has 0 unspecified atom stereocenters. The van der Waals surface area contributed by atoms with Crippen molar-refractivity contribution >= 4 is 21.8 Å². The van der Waals surface area contributed by atoms with Crippen molar-refractivity contribution in [3.05, 3.63) is 79.5 Å².